The zero-order valence-corrected chi connectivity index (χ0v) is 16.6. The fourth-order valence-corrected chi connectivity index (χ4v) is 3.68. The number of ketones is 1. The van der Waals surface area contributed by atoms with Crippen molar-refractivity contribution >= 4 is 45.6 Å². The number of nitrogens with zero attached hydrogens (tertiary/aromatic N) is 2. The second-order valence-corrected chi connectivity index (χ2v) is 7.06. The van der Waals surface area contributed by atoms with E-state index in [0.29, 0.717) is 27.0 Å². The van der Waals surface area contributed by atoms with E-state index in [-0.39, 0.29) is 30.3 Å². The number of anilines is 1. The summed E-state index contributed by atoms with van der Waals surface area (Å²) in [4.78, 5) is 36.7. The average molecular weight is 398 g/mol. The van der Waals surface area contributed by atoms with Crippen LogP contribution in [0.5, 0.6) is 0 Å². The topological polar surface area (TPSA) is 90.3 Å². The molecule has 2 aromatic heterocycles. The molecule has 0 saturated carbocycles. The fraction of sp³-hybridized carbons (Fsp3) is 0.412. The van der Waals surface area contributed by atoms with Crippen LogP contribution in [-0.2, 0) is 16.1 Å². The minimum Gasteiger partial charge on any atom is -0.462 e. The number of carbonyl (C=O) groups is 3. The third-order valence-electron chi connectivity index (χ3n) is 3.79. The number of esters is 1. The highest BCUT2D eigenvalue weighted by atomic mass is 35.5. The van der Waals surface area contributed by atoms with Gasteiger partial charge < -0.3 is 10.1 Å². The van der Waals surface area contributed by atoms with Crippen LogP contribution in [0.25, 0.3) is 0 Å². The molecule has 26 heavy (non-hydrogen) atoms. The average Bonchev–Trinajstić information content (AvgIpc) is 3.06. The lowest BCUT2D eigenvalue weighted by atomic mass is 10.1. The van der Waals surface area contributed by atoms with Crippen LogP contribution >= 0.6 is 22.9 Å². The predicted octanol–water partition coefficient (Wildman–Crippen LogP) is 3.62. The fourth-order valence-electron chi connectivity index (χ4n) is 2.43. The lowest BCUT2D eigenvalue weighted by Crippen LogP contribution is -2.17. The van der Waals surface area contributed by atoms with E-state index in [1.165, 1.54) is 13.1 Å². The van der Waals surface area contributed by atoms with Gasteiger partial charge in [-0.1, -0.05) is 11.6 Å². The molecule has 1 amide bonds. The van der Waals surface area contributed by atoms with Crippen LogP contribution in [0.2, 0.25) is 5.02 Å². The number of rotatable bonds is 7. The first-order valence-electron chi connectivity index (χ1n) is 8.05. The highest BCUT2D eigenvalue weighted by molar-refractivity contribution is 7.18. The van der Waals surface area contributed by atoms with Crippen molar-refractivity contribution in [2.75, 3.05) is 11.9 Å². The maximum absolute atomic E-state index is 12.3. The van der Waals surface area contributed by atoms with Gasteiger partial charge in [-0.2, -0.15) is 5.10 Å². The van der Waals surface area contributed by atoms with Crippen molar-refractivity contribution in [1.29, 1.82) is 0 Å². The van der Waals surface area contributed by atoms with Crippen molar-refractivity contribution in [3.05, 3.63) is 32.9 Å². The molecule has 2 heterocycles. The van der Waals surface area contributed by atoms with Gasteiger partial charge >= 0.3 is 5.97 Å². The van der Waals surface area contributed by atoms with Gasteiger partial charge in [0.25, 0.3) is 0 Å². The van der Waals surface area contributed by atoms with E-state index in [9.17, 15) is 14.4 Å². The number of amides is 1. The molecule has 0 aliphatic heterocycles. The largest absolute Gasteiger partial charge is 0.462 e. The molecule has 2 rings (SSSR count). The van der Waals surface area contributed by atoms with Crippen LogP contribution < -0.4 is 5.32 Å². The SMILES string of the molecule is CCOC(=O)c1c(NC(=O)CCn2ncc(Cl)c2C)sc(C(C)=O)c1C. The zero-order valence-electron chi connectivity index (χ0n) is 15.0. The standard InChI is InChI=1S/C17H20ClN3O4S/c1-5-25-17(24)14-9(2)15(11(4)22)26-16(14)20-13(23)6-7-21-10(3)12(18)8-19-21/h8H,5-7H2,1-4H3,(H,20,23). The van der Waals surface area contributed by atoms with E-state index in [1.807, 2.05) is 6.92 Å². The van der Waals surface area contributed by atoms with E-state index < -0.39 is 5.97 Å². The summed E-state index contributed by atoms with van der Waals surface area (Å²) in [6.07, 6.45) is 1.67. The summed E-state index contributed by atoms with van der Waals surface area (Å²) >= 11 is 7.02. The number of ether oxygens (including phenoxy) is 1. The number of aromatic nitrogens is 2. The van der Waals surface area contributed by atoms with E-state index in [0.717, 1.165) is 17.0 Å². The summed E-state index contributed by atoms with van der Waals surface area (Å²) in [5.74, 6) is -1.02. The Morgan fingerprint density at radius 3 is 2.58 bits per heavy atom. The highest BCUT2D eigenvalue weighted by Crippen LogP contribution is 2.34. The Labute approximate surface area is 160 Å². The molecular formula is C17H20ClN3O4S. The van der Waals surface area contributed by atoms with Crippen LogP contribution in [-0.4, -0.2) is 34.0 Å². The van der Waals surface area contributed by atoms with Crippen molar-refractivity contribution in [2.45, 2.75) is 40.7 Å². The van der Waals surface area contributed by atoms with Gasteiger partial charge in [0.1, 0.15) is 5.00 Å². The lowest BCUT2D eigenvalue weighted by molar-refractivity contribution is -0.116. The van der Waals surface area contributed by atoms with Crippen LogP contribution in [0.4, 0.5) is 5.00 Å². The number of hydrogen-bond acceptors (Lipinski definition) is 6. The van der Waals surface area contributed by atoms with E-state index in [4.69, 9.17) is 16.3 Å². The minimum absolute atomic E-state index is 0.146. The summed E-state index contributed by atoms with van der Waals surface area (Å²) in [7, 11) is 0. The smallest absolute Gasteiger partial charge is 0.341 e. The number of hydrogen-bond donors (Lipinski definition) is 1. The normalized spacial score (nSPS) is 10.7. The third kappa shape index (κ3) is 4.31. The maximum Gasteiger partial charge on any atom is 0.341 e. The summed E-state index contributed by atoms with van der Waals surface area (Å²) in [5, 5.41) is 7.67. The van der Waals surface area contributed by atoms with Gasteiger partial charge in [0, 0.05) is 6.42 Å². The summed E-state index contributed by atoms with van der Waals surface area (Å²) < 4.78 is 6.68. The molecule has 0 fully saturated rings. The molecule has 0 unspecified atom stereocenters. The first-order chi connectivity index (χ1) is 12.3. The second kappa shape index (κ2) is 8.46. The molecule has 0 atom stereocenters. The van der Waals surface area contributed by atoms with Gasteiger partial charge in [-0.05, 0) is 33.3 Å². The van der Waals surface area contributed by atoms with Crippen LogP contribution in [0.3, 0.4) is 0 Å². The number of nitrogens with one attached hydrogen (secondary N) is 1. The molecule has 2 aromatic rings. The number of Topliss-reactive ketones (excluding diaryl/α,β-unsaturated/α-hetero) is 1. The Morgan fingerprint density at radius 1 is 1.35 bits per heavy atom. The Balaban J connectivity index is 2.17. The third-order valence-corrected chi connectivity index (χ3v) is 5.47. The van der Waals surface area contributed by atoms with Gasteiger partial charge in [-0.3, -0.25) is 14.3 Å². The van der Waals surface area contributed by atoms with Gasteiger partial charge in [-0.15, -0.1) is 11.3 Å². The molecule has 9 heteroatoms. The summed E-state index contributed by atoms with van der Waals surface area (Å²) in [6.45, 7) is 7.16. The Morgan fingerprint density at radius 2 is 2.04 bits per heavy atom. The Kier molecular flexibility index (Phi) is 6.55. The molecule has 0 aromatic carbocycles. The molecule has 7 nitrogen and oxygen atoms in total. The zero-order chi connectivity index (χ0) is 19.4. The highest BCUT2D eigenvalue weighted by Gasteiger charge is 2.25. The number of thiophene rings is 1. The quantitative estimate of drug-likeness (QED) is 0.569. The van der Waals surface area contributed by atoms with Crippen LogP contribution in [0.1, 0.15) is 51.6 Å². The van der Waals surface area contributed by atoms with Gasteiger partial charge in [0.2, 0.25) is 5.91 Å². The lowest BCUT2D eigenvalue weighted by Gasteiger charge is -2.08. The molecule has 140 valence electrons. The Hall–Kier alpha value is -2.19. The second-order valence-electron chi connectivity index (χ2n) is 5.64. The maximum atomic E-state index is 12.3. The van der Waals surface area contributed by atoms with Crippen LogP contribution in [0, 0.1) is 13.8 Å². The van der Waals surface area contributed by atoms with Crippen LogP contribution in [0.15, 0.2) is 6.20 Å². The number of carbonyl (C=O) groups excluding carboxylic acids is 3. The first kappa shape index (κ1) is 20.1. The van der Waals surface area contributed by atoms with E-state index in [2.05, 4.69) is 10.4 Å². The molecule has 0 bridgehead atoms. The van der Waals surface area contributed by atoms with Gasteiger partial charge in [0.05, 0.1) is 40.5 Å². The predicted molar refractivity (Wildman–Crippen MR) is 100 cm³/mol. The van der Waals surface area contributed by atoms with E-state index in [1.54, 1.807) is 18.5 Å². The minimum atomic E-state index is -0.557. The van der Waals surface area contributed by atoms with Crippen molar-refractivity contribution in [2.24, 2.45) is 0 Å². The monoisotopic (exact) mass is 397 g/mol. The molecule has 0 aliphatic rings. The van der Waals surface area contributed by atoms with Crippen molar-refractivity contribution in [1.82, 2.24) is 9.78 Å². The molecular weight excluding hydrogens is 378 g/mol. The number of halogens is 1. The van der Waals surface area contributed by atoms with Crippen molar-refractivity contribution in [3.63, 3.8) is 0 Å². The first-order valence-corrected chi connectivity index (χ1v) is 9.24. The molecule has 0 aliphatic carbocycles. The van der Waals surface area contributed by atoms with E-state index >= 15 is 0 Å². The van der Waals surface area contributed by atoms with Crippen molar-refractivity contribution in [3.8, 4) is 0 Å². The Bertz CT molecular complexity index is 857. The molecule has 0 spiro atoms. The molecule has 0 saturated heterocycles. The van der Waals surface area contributed by atoms with Gasteiger partial charge in [0.15, 0.2) is 5.78 Å². The summed E-state index contributed by atoms with van der Waals surface area (Å²) in [6, 6.07) is 0. The number of aryl methyl sites for hydroxylation is 1. The molecule has 1 N–H and O–H groups in total. The van der Waals surface area contributed by atoms with Crippen molar-refractivity contribution < 1.29 is 19.1 Å². The summed E-state index contributed by atoms with van der Waals surface area (Å²) in [5.41, 5.74) is 1.53. The molecule has 0 radical (unpaired) electrons. The van der Waals surface area contributed by atoms with Gasteiger partial charge in [-0.25, -0.2) is 4.79 Å².